The molecule has 0 spiro atoms. The monoisotopic (exact) mass is 477 g/mol. The molecule has 182 valence electrons. The summed E-state index contributed by atoms with van der Waals surface area (Å²) in [5.74, 6) is 0.540. The van der Waals surface area contributed by atoms with Gasteiger partial charge in [-0.2, -0.15) is 4.31 Å². The molecule has 8 nitrogen and oxygen atoms in total. The lowest BCUT2D eigenvalue weighted by atomic mass is 9.87. The first-order chi connectivity index (χ1) is 15.6. The molecule has 0 atom stereocenters. The van der Waals surface area contributed by atoms with Crippen LogP contribution in [0.3, 0.4) is 0 Å². The van der Waals surface area contributed by atoms with E-state index in [2.05, 4.69) is 12.2 Å². The minimum absolute atomic E-state index is 0.0842. The summed E-state index contributed by atoms with van der Waals surface area (Å²) in [6.07, 6.45) is 6.21. The van der Waals surface area contributed by atoms with Gasteiger partial charge in [0.05, 0.1) is 10.4 Å². The summed E-state index contributed by atoms with van der Waals surface area (Å²) in [7, 11) is -3.70. The minimum Gasteiger partial charge on any atom is -0.408 e. The third-order valence-electron chi connectivity index (χ3n) is 7.17. The number of hydrogen-bond donors (Lipinski definition) is 1. The standard InChI is InChI=1S/C24H35N3O5S/c1-16(2)27-21-9-8-20(15-22(21)32-24(27)29)33(30,31)26-12-10-18(11-13-26)14-23(28)25-19-6-4-17(3)5-7-19/h8-9,15-19H,4-7,10-14H2,1-3H3,(H,25,28). The van der Waals surface area contributed by atoms with Crippen molar-refractivity contribution < 1.29 is 17.6 Å². The number of benzene rings is 1. The smallest absolute Gasteiger partial charge is 0.408 e. The average molecular weight is 478 g/mol. The second-order valence-corrected chi connectivity index (χ2v) is 12.0. The largest absolute Gasteiger partial charge is 0.420 e. The van der Waals surface area contributed by atoms with Crippen LogP contribution in [-0.4, -0.2) is 42.3 Å². The summed E-state index contributed by atoms with van der Waals surface area (Å²) >= 11 is 0. The van der Waals surface area contributed by atoms with E-state index >= 15 is 0 Å². The molecule has 1 N–H and O–H groups in total. The number of fused-ring (bicyclic) bond motifs is 1. The van der Waals surface area contributed by atoms with E-state index in [1.54, 1.807) is 6.07 Å². The Hall–Kier alpha value is -2.13. The Morgan fingerprint density at radius 2 is 1.79 bits per heavy atom. The van der Waals surface area contributed by atoms with Crippen LogP contribution >= 0.6 is 0 Å². The van der Waals surface area contributed by atoms with Crippen LogP contribution in [0.1, 0.15) is 71.8 Å². The van der Waals surface area contributed by atoms with Crippen molar-refractivity contribution in [2.45, 2.75) is 82.7 Å². The number of aromatic nitrogens is 1. The van der Waals surface area contributed by atoms with Gasteiger partial charge in [0, 0.05) is 37.7 Å². The van der Waals surface area contributed by atoms with Crippen molar-refractivity contribution in [2.24, 2.45) is 11.8 Å². The van der Waals surface area contributed by atoms with Crippen LogP contribution in [0.2, 0.25) is 0 Å². The molecule has 1 aromatic heterocycles. The lowest BCUT2D eigenvalue weighted by molar-refractivity contribution is -0.123. The molecular formula is C24H35N3O5S. The Bertz CT molecular complexity index is 1150. The summed E-state index contributed by atoms with van der Waals surface area (Å²) < 4.78 is 34.7. The number of carbonyl (C=O) groups excluding carboxylic acids is 1. The van der Waals surface area contributed by atoms with E-state index in [0.29, 0.717) is 37.9 Å². The maximum atomic E-state index is 13.2. The lowest BCUT2D eigenvalue weighted by Crippen LogP contribution is -2.41. The quantitative estimate of drug-likeness (QED) is 0.684. The molecule has 9 heteroatoms. The van der Waals surface area contributed by atoms with E-state index in [9.17, 15) is 18.0 Å². The summed E-state index contributed by atoms with van der Waals surface area (Å²) in [5, 5.41) is 3.18. The molecule has 1 saturated carbocycles. The zero-order valence-electron chi connectivity index (χ0n) is 19.7. The third-order valence-corrected chi connectivity index (χ3v) is 9.06. The Balaban J connectivity index is 1.36. The first-order valence-electron chi connectivity index (χ1n) is 12.1. The Morgan fingerprint density at radius 3 is 2.42 bits per heavy atom. The fourth-order valence-electron chi connectivity index (χ4n) is 5.12. The molecule has 2 aromatic rings. The predicted molar refractivity (Wildman–Crippen MR) is 127 cm³/mol. The number of oxazole rings is 1. The number of rotatable bonds is 6. The molecule has 2 fully saturated rings. The van der Waals surface area contributed by atoms with E-state index in [1.807, 2.05) is 13.8 Å². The van der Waals surface area contributed by atoms with Gasteiger partial charge in [-0.3, -0.25) is 9.36 Å². The molecular weight excluding hydrogens is 442 g/mol. The molecule has 4 rings (SSSR count). The number of piperidine rings is 1. The fourth-order valence-corrected chi connectivity index (χ4v) is 6.61. The summed E-state index contributed by atoms with van der Waals surface area (Å²) in [6.45, 7) is 6.78. The van der Waals surface area contributed by atoms with Crippen molar-refractivity contribution in [2.75, 3.05) is 13.1 Å². The van der Waals surface area contributed by atoms with Crippen LogP contribution in [0.5, 0.6) is 0 Å². The molecule has 1 aromatic carbocycles. The lowest BCUT2D eigenvalue weighted by Gasteiger charge is -2.32. The van der Waals surface area contributed by atoms with E-state index in [4.69, 9.17) is 4.42 Å². The average Bonchev–Trinajstić information content (AvgIpc) is 3.10. The van der Waals surface area contributed by atoms with E-state index < -0.39 is 15.8 Å². The zero-order valence-corrected chi connectivity index (χ0v) is 20.6. The first-order valence-corrected chi connectivity index (χ1v) is 13.5. The topological polar surface area (TPSA) is 102 Å². The van der Waals surface area contributed by atoms with Gasteiger partial charge in [-0.25, -0.2) is 13.2 Å². The highest BCUT2D eigenvalue weighted by atomic mass is 32.2. The van der Waals surface area contributed by atoms with Gasteiger partial charge in [-0.1, -0.05) is 6.92 Å². The van der Waals surface area contributed by atoms with Gasteiger partial charge in [0.2, 0.25) is 15.9 Å². The Labute approximate surface area is 195 Å². The highest BCUT2D eigenvalue weighted by molar-refractivity contribution is 7.89. The normalized spacial score (nSPS) is 23.3. The highest BCUT2D eigenvalue weighted by Crippen LogP contribution is 2.28. The zero-order chi connectivity index (χ0) is 23.8. The van der Waals surface area contributed by atoms with Crippen LogP contribution in [-0.2, 0) is 14.8 Å². The van der Waals surface area contributed by atoms with Gasteiger partial charge < -0.3 is 9.73 Å². The van der Waals surface area contributed by atoms with Crippen LogP contribution in [0.25, 0.3) is 11.1 Å². The molecule has 33 heavy (non-hydrogen) atoms. The van der Waals surface area contributed by atoms with Gasteiger partial charge in [0.25, 0.3) is 0 Å². The molecule has 0 bridgehead atoms. The molecule has 0 unspecified atom stereocenters. The molecule has 1 aliphatic heterocycles. The first kappa shape index (κ1) is 24.0. The second kappa shape index (κ2) is 9.62. The van der Waals surface area contributed by atoms with Crippen LogP contribution in [0.4, 0.5) is 0 Å². The Kier molecular flexibility index (Phi) is 7.00. The van der Waals surface area contributed by atoms with Gasteiger partial charge in [0.1, 0.15) is 0 Å². The van der Waals surface area contributed by atoms with Crippen LogP contribution in [0.15, 0.2) is 32.3 Å². The number of nitrogens with zero attached hydrogens (tertiary/aromatic N) is 2. The number of carbonyl (C=O) groups is 1. The highest BCUT2D eigenvalue weighted by Gasteiger charge is 2.31. The summed E-state index contributed by atoms with van der Waals surface area (Å²) in [4.78, 5) is 24.7. The molecule has 2 aliphatic rings. The predicted octanol–water partition coefficient (Wildman–Crippen LogP) is 3.66. The molecule has 0 radical (unpaired) electrons. The Morgan fingerprint density at radius 1 is 1.12 bits per heavy atom. The number of amides is 1. The van der Waals surface area contributed by atoms with Crippen molar-refractivity contribution in [3.63, 3.8) is 0 Å². The van der Waals surface area contributed by atoms with Gasteiger partial charge in [-0.15, -0.1) is 0 Å². The fraction of sp³-hybridized carbons (Fsp3) is 0.667. The minimum atomic E-state index is -3.70. The number of nitrogens with one attached hydrogen (secondary N) is 1. The molecule has 2 heterocycles. The van der Waals surface area contributed by atoms with E-state index in [0.717, 1.165) is 18.8 Å². The van der Waals surface area contributed by atoms with Crippen molar-refractivity contribution in [1.29, 1.82) is 0 Å². The van der Waals surface area contributed by atoms with Gasteiger partial charge in [0.15, 0.2) is 5.58 Å². The maximum Gasteiger partial charge on any atom is 0.420 e. The van der Waals surface area contributed by atoms with Crippen molar-refractivity contribution >= 4 is 27.0 Å². The van der Waals surface area contributed by atoms with Crippen molar-refractivity contribution in [3.8, 4) is 0 Å². The summed E-state index contributed by atoms with van der Waals surface area (Å²) in [5.41, 5.74) is 0.865. The van der Waals surface area contributed by atoms with Crippen LogP contribution < -0.4 is 11.1 Å². The maximum absolute atomic E-state index is 13.2. The molecule has 1 saturated heterocycles. The SMILES string of the molecule is CC1CCC(NC(=O)CC2CCN(S(=O)(=O)c3ccc4c(c3)oc(=O)n4C(C)C)CC2)CC1. The van der Waals surface area contributed by atoms with Crippen LogP contribution in [0, 0.1) is 11.8 Å². The van der Waals surface area contributed by atoms with E-state index in [-0.39, 0.29) is 34.4 Å². The van der Waals surface area contributed by atoms with E-state index in [1.165, 1.54) is 33.8 Å². The molecule has 1 amide bonds. The van der Waals surface area contributed by atoms with Crippen molar-refractivity contribution in [3.05, 3.63) is 28.7 Å². The van der Waals surface area contributed by atoms with Crippen molar-refractivity contribution in [1.82, 2.24) is 14.2 Å². The summed E-state index contributed by atoms with van der Waals surface area (Å²) in [6, 6.07) is 4.82. The van der Waals surface area contributed by atoms with Gasteiger partial charge >= 0.3 is 5.76 Å². The third kappa shape index (κ3) is 5.19. The molecule has 1 aliphatic carbocycles. The number of hydrogen-bond acceptors (Lipinski definition) is 5. The number of sulfonamides is 1. The second-order valence-electron chi connectivity index (χ2n) is 10.0. The van der Waals surface area contributed by atoms with Gasteiger partial charge in [-0.05, 0) is 76.3 Å².